The molecule has 0 fully saturated rings. The lowest BCUT2D eigenvalue weighted by Crippen LogP contribution is -2.02. The van der Waals surface area contributed by atoms with Crippen LogP contribution >= 0.6 is 11.3 Å². The number of carbonyl (C=O) groups excluding carboxylic acids is 1. The number of rotatable bonds is 4. The molecular weight excluding hydrogens is 280 g/mol. The number of benzene rings is 2. The van der Waals surface area contributed by atoms with Crippen molar-refractivity contribution in [2.45, 2.75) is 19.4 Å². The lowest BCUT2D eigenvalue weighted by molar-refractivity contribution is -0.118. The van der Waals surface area contributed by atoms with E-state index in [0.29, 0.717) is 0 Å². The van der Waals surface area contributed by atoms with Gasteiger partial charge in [-0.25, -0.2) is 0 Å². The van der Waals surface area contributed by atoms with E-state index in [2.05, 4.69) is 12.1 Å². The molecule has 3 rings (SSSR count). The molecule has 0 aliphatic heterocycles. The highest BCUT2D eigenvalue weighted by molar-refractivity contribution is 7.19. The highest BCUT2D eigenvalue weighted by atomic mass is 32.1. The fraction of sp³-hybridized carbons (Fsp3) is 0.167. The molecule has 0 saturated carbocycles. The second-order valence-electron chi connectivity index (χ2n) is 5.13. The van der Waals surface area contributed by atoms with Gasteiger partial charge in [-0.15, -0.1) is 11.3 Å². The first-order valence-corrected chi connectivity index (χ1v) is 7.73. The minimum Gasteiger partial charge on any atom is -0.387 e. The molecule has 1 heterocycles. The maximum absolute atomic E-state index is 11.3. The molecule has 106 valence electrons. The third-order valence-corrected chi connectivity index (χ3v) is 4.74. The molecule has 1 aromatic heterocycles. The molecule has 1 atom stereocenters. The molecule has 0 aliphatic rings. The molecule has 1 N–H and O–H groups in total. The topological polar surface area (TPSA) is 37.3 Å². The van der Waals surface area contributed by atoms with Gasteiger partial charge in [0.05, 0.1) is 6.10 Å². The third kappa shape index (κ3) is 2.75. The zero-order valence-corrected chi connectivity index (χ0v) is 12.6. The smallest absolute Gasteiger partial charge is 0.132 e. The zero-order chi connectivity index (χ0) is 14.8. The van der Waals surface area contributed by atoms with E-state index in [1.807, 2.05) is 42.5 Å². The summed E-state index contributed by atoms with van der Waals surface area (Å²) in [5.74, 6) is -0.000956. The molecule has 0 unspecified atom stereocenters. The van der Waals surface area contributed by atoms with Crippen molar-refractivity contribution in [3.05, 3.63) is 59.5 Å². The Kier molecular flexibility index (Phi) is 3.86. The fourth-order valence-electron chi connectivity index (χ4n) is 2.57. The molecule has 0 spiro atoms. The summed E-state index contributed by atoms with van der Waals surface area (Å²) in [7, 11) is 0. The Morgan fingerprint density at radius 1 is 1.10 bits per heavy atom. The molecule has 3 aromatic rings. The summed E-state index contributed by atoms with van der Waals surface area (Å²) in [5, 5.41) is 11.6. The van der Waals surface area contributed by atoms with Crippen LogP contribution in [-0.4, -0.2) is 10.9 Å². The van der Waals surface area contributed by atoms with Crippen molar-refractivity contribution >= 4 is 27.2 Å². The number of ketones is 1. The van der Waals surface area contributed by atoms with Gasteiger partial charge in [-0.2, -0.15) is 0 Å². The van der Waals surface area contributed by atoms with Crippen LogP contribution in [0.1, 0.15) is 24.3 Å². The highest BCUT2D eigenvalue weighted by Crippen LogP contribution is 2.42. The molecule has 2 nitrogen and oxygen atoms in total. The van der Waals surface area contributed by atoms with Crippen molar-refractivity contribution in [3.63, 3.8) is 0 Å². The first-order valence-electron chi connectivity index (χ1n) is 6.91. The van der Waals surface area contributed by atoms with E-state index in [9.17, 15) is 9.90 Å². The number of aliphatic hydroxyl groups is 1. The average molecular weight is 296 g/mol. The van der Waals surface area contributed by atoms with E-state index < -0.39 is 6.10 Å². The number of carbonyl (C=O) groups is 1. The maximum Gasteiger partial charge on any atom is 0.132 e. The van der Waals surface area contributed by atoms with Crippen LogP contribution in [0.2, 0.25) is 0 Å². The van der Waals surface area contributed by atoms with E-state index in [0.717, 1.165) is 26.1 Å². The predicted octanol–water partition coefficient (Wildman–Crippen LogP) is 4.58. The SMILES string of the molecule is CC(=O)C[C@@H](O)c1sc2ccccc2c1-c1ccccc1. The third-order valence-electron chi connectivity index (χ3n) is 3.47. The van der Waals surface area contributed by atoms with Gasteiger partial charge in [-0.05, 0) is 18.6 Å². The van der Waals surface area contributed by atoms with Crippen LogP contribution in [0.25, 0.3) is 21.2 Å². The van der Waals surface area contributed by atoms with E-state index in [1.165, 1.54) is 6.92 Å². The summed E-state index contributed by atoms with van der Waals surface area (Å²) in [6.45, 7) is 1.51. The second kappa shape index (κ2) is 5.80. The Hall–Kier alpha value is -1.97. The van der Waals surface area contributed by atoms with Gasteiger partial charge in [0.2, 0.25) is 0 Å². The number of fused-ring (bicyclic) bond motifs is 1. The molecule has 0 amide bonds. The Morgan fingerprint density at radius 2 is 1.76 bits per heavy atom. The van der Waals surface area contributed by atoms with Gasteiger partial charge in [0, 0.05) is 26.9 Å². The van der Waals surface area contributed by atoms with Crippen molar-refractivity contribution in [2.75, 3.05) is 0 Å². The molecule has 0 radical (unpaired) electrons. The van der Waals surface area contributed by atoms with Gasteiger partial charge in [0.1, 0.15) is 5.78 Å². The average Bonchev–Trinajstić information content (AvgIpc) is 2.87. The first-order chi connectivity index (χ1) is 10.2. The van der Waals surface area contributed by atoms with Crippen LogP contribution in [0.15, 0.2) is 54.6 Å². The summed E-state index contributed by atoms with van der Waals surface area (Å²) in [6, 6.07) is 18.2. The van der Waals surface area contributed by atoms with Gasteiger partial charge in [-0.1, -0.05) is 48.5 Å². The molecule has 21 heavy (non-hydrogen) atoms. The summed E-state index contributed by atoms with van der Waals surface area (Å²) in [5.41, 5.74) is 2.12. The van der Waals surface area contributed by atoms with E-state index in [-0.39, 0.29) is 12.2 Å². The molecule has 0 bridgehead atoms. The largest absolute Gasteiger partial charge is 0.387 e. The van der Waals surface area contributed by atoms with E-state index >= 15 is 0 Å². The van der Waals surface area contributed by atoms with Crippen LogP contribution in [0.3, 0.4) is 0 Å². The molecule has 0 aliphatic carbocycles. The molecule has 3 heteroatoms. The van der Waals surface area contributed by atoms with Crippen LogP contribution in [0, 0.1) is 0 Å². The quantitative estimate of drug-likeness (QED) is 0.765. The lowest BCUT2D eigenvalue weighted by atomic mass is 9.98. The monoisotopic (exact) mass is 296 g/mol. The predicted molar refractivity (Wildman–Crippen MR) is 87.5 cm³/mol. The number of Topliss-reactive ketones (excluding diaryl/α,β-unsaturated/α-hetero) is 1. The Bertz CT molecular complexity index is 774. The Balaban J connectivity index is 2.21. The normalized spacial score (nSPS) is 12.5. The fourth-order valence-corrected chi connectivity index (χ4v) is 3.78. The van der Waals surface area contributed by atoms with Crippen LogP contribution in [-0.2, 0) is 4.79 Å². The number of thiophene rings is 1. The minimum atomic E-state index is -0.741. The van der Waals surface area contributed by atoms with Gasteiger partial charge in [0.15, 0.2) is 0 Å². The maximum atomic E-state index is 11.3. The number of hydrogen-bond donors (Lipinski definition) is 1. The van der Waals surface area contributed by atoms with Crippen molar-refractivity contribution < 1.29 is 9.90 Å². The second-order valence-corrected chi connectivity index (χ2v) is 6.21. The number of hydrogen-bond acceptors (Lipinski definition) is 3. The van der Waals surface area contributed by atoms with Crippen molar-refractivity contribution in [3.8, 4) is 11.1 Å². The molecular formula is C18H16O2S. The van der Waals surface area contributed by atoms with Crippen molar-refractivity contribution in [1.82, 2.24) is 0 Å². The summed E-state index contributed by atoms with van der Waals surface area (Å²) in [6.07, 6.45) is -0.581. The van der Waals surface area contributed by atoms with Gasteiger partial charge in [0.25, 0.3) is 0 Å². The summed E-state index contributed by atoms with van der Waals surface area (Å²) in [4.78, 5) is 12.2. The standard InChI is InChI=1S/C18H16O2S/c1-12(19)11-15(20)18-17(13-7-3-2-4-8-13)14-9-5-6-10-16(14)21-18/h2-10,15,20H,11H2,1H3/t15-/m1/s1. The van der Waals surface area contributed by atoms with Crippen LogP contribution < -0.4 is 0 Å². The highest BCUT2D eigenvalue weighted by Gasteiger charge is 2.20. The minimum absolute atomic E-state index is 0.000956. The van der Waals surface area contributed by atoms with Crippen molar-refractivity contribution in [1.29, 1.82) is 0 Å². The van der Waals surface area contributed by atoms with Crippen LogP contribution in [0.5, 0.6) is 0 Å². The van der Waals surface area contributed by atoms with Crippen molar-refractivity contribution in [2.24, 2.45) is 0 Å². The van der Waals surface area contributed by atoms with E-state index in [4.69, 9.17) is 0 Å². The first kappa shape index (κ1) is 14.0. The zero-order valence-electron chi connectivity index (χ0n) is 11.7. The Labute approximate surface area is 127 Å². The number of aliphatic hydroxyl groups excluding tert-OH is 1. The van der Waals surface area contributed by atoms with Gasteiger partial charge < -0.3 is 5.11 Å². The lowest BCUT2D eigenvalue weighted by Gasteiger charge is -2.10. The molecule has 0 saturated heterocycles. The van der Waals surface area contributed by atoms with E-state index in [1.54, 1.807) is 11.3 Å². The summed E-state index contributed by atoms with van der Waals surface area (Å²) < 4.78 is 1.13. The summed E-state index contributed by atoms with van der Waals surface area (Å²) >= 11 is 1.57. The molecule has 2 aromatic carbocycles. The van der Waals surface area contributed by atoms with Gasteiger partial charge in [-0.3, -0.25) is 4.79 Å². The Morgan fingerprint density at radius 3 is 2.48 bits per heavy atom. The van der Waals surface area contributed by atoms with Gasteiger partial charge >= 0.3 is 0 Å². The van der Waals surface area contributed by atoms with Crippen LogP contribution in [0.4, 0.5) is 0 Å².